The van der Waals surface area contributed by atoms with E-state index in [0.717, 1.165) is 32.5 Å². The molecule has 17 heavy (non-hydrogen) atoms. The van der Waals surface area contributed by atoms with Gasteiger partial charge in [0.25, 0.3) is 0 Å². The highest BCUT2D eigenvalue weighted by molar-refractivity contribution is 6.47. The third-order valence-electron chi connectivity index (χ3n) is 2.83. The number of allylic oxidation sites excluding steroid dienone is 1. The zero-order valence-electron chi connectivity index (χ0n) is 11.9. The molecule has 0 amide bonds. The van der Waals surface area contributed by atoms with E-state index in [4.69, 9.17) is 8.85 Å². The summed E-state index contributed by atoms with van der Waals surface area (Å²) in [5.74, 6) is 0. The van der Waals surface area contributed by atoms with Gasteiger partial charge < -0.3 is 8.85 Å². The van der Waals surface area contributed by atoms with Crippen molar-refractivity contribution in [2.45, 2.75) is 64.8 Å². The lowest BCUT2D eigenvalue weighted by atomic mass is 10.2. The van der Waals surface area contributed by atoms with Gasteiger partial charge in [0.15, 0.2) is 0 Å². The third-order valence-corrected chi connectivity index (χ3v) is 5.27. The van der Waals surface area contributed by atoms with Crippen molar-refractivity contribution in [1.82, 2.24) is 0 Å². The Morgan fingerprint density at radius 3 is 1.88 bits per heavy atom. The lowest BCUT2D eigenvalue weighted by Crippen LogP contribution is -2.29. The molecule has 0 rings (SSSR count). The molecule has 0 heterocycles. The first-order valence-corrected chi connectivity index (χ1v) is 8.76. The fourth-order valence-corrected chi connectivity index (χ4v) is 3.90. The van der Waals surface area contributed by atoms with Crippen LogP contribution < -0.4 is 0 Å². The van der Waals surface area contributed by atoms with Crippen LogP contribution in [-0.4, -0.2) is 22.5 Å². The highest BCUT2D eigenvalue weighted by Gasteiger charge is 2.22. The molecule has 1 unspecified atom stereocenters. The van der Waals surface area contributed by atoms with E-state index in [1.807, 2.05) is 6.08 Å². The fraction of sp³-hybridized carbons (Fsp3) is 0.857. The third kappa shape index (κ3) is 8.58. The summed E-state index contributed by atoms with van der Waals surface area (Å²) in [6.07, 6.45) is 9.00. The molecular formula is C14H30O2Si. The van der Waals surface area contributed by atoms with Gasteiger partial charge in [-0.3, -0.25) is 0 Å². The van der Waals surface area contributed by atoms with Gasteiger partial charge in [-0.05, 0) is 19.3 Å². The topological polar surface area (TPSA) is 18.5 Å². The first-order chi connectivity index (χ1) is 8.29. The first-order valence-electron chi connectivity index (χ1n) is 7.15. The van der Waals surface area contributed by atoms with Gasteiger partial charge in [0.05, 0.1) is 0 Å². The van der Waals surface area contributed by atoms with Gasteiger partial charge in [-0.1, -0.05) is 46.1 Å². The van der Waals surface area contributed by atoms with Gasteiger partial charge in [0.2, 0.25) is 0 Å². The number of hydrogen-bond acceptors (Lipinski definition) is 2. The molecule has 1 atom stereocenters. The second-order valence-corrected chi connectivity index (χ2v) is 6.77. The zero-order chi connectivity index (χ0) is 12.9. The Morgan fingerprint density at radius 2 is 1.53 bits per heavy atom. The molecule has 0 spiro atoms. The van der Waals surface area contributed by atoms with E-state index in [9.17, 15) is 0 Å². The average Bonchev–Trinajstić information content (AvgIpc) is 2.35. The summed E-state index contributed by atoms with van der Waals surface area (Å²) in [6.45, 7) is 12.2. The Kier molecular flexibility index (Phi) is 12.2. The van der Waals surface area contributed by atoms with Crippen molar-refractivity contribution < 1.29 is 8.85 Å². The molecule has 0 fully saturated rings. The monoisotopic (exact) mass is 258 g/mol. The zero-order valence-corrected chi connectivity index (χ0v) is 13.1. The molecule has 0 aromatic heterocycles. The van der Waals surface area contributed by atoms with Crippen LogP contribution >= 0.6 is 0 Å². The predicted molar refractivity (Wildman–Crippen MR) is 77.7 cm³/mol. The molecule has 0 saturated carbocycles. The standard InChI is InChI=1S/C14H30O2Si/c1-5-9-12-15-17(16-13-10-6-2)14(8-4)11-7-3/h8,14,17H,4-7,9-13H2,1-3H3. The molecule has 0 aliphatic rings. The van der Waals surface area contributed by atoms with E-state index in [2.05, 4.69) is 27.4 Å². The maximum absolute atomic E-state index is 5.98. The van der Waals surface area contributed by atoms with Crippen LogP contribution in [0.1, 0.15) is 59.3 Å². The van der Waals surface area contributed by atoms with E-state index in [1.165, 1.54) is 19.3 Å². The van der Waals surface area contributed by atoms with Gasteiger partial charge in [-0.2, -0.15) is 0 Å². The van der Waals surface area contributed by atoms with E-state index in [1.54, 1.807) is 0 Å². The molecule has 2 nitrogen and oxygen atoms in total. The smallest absolute Gasteiger partial charge is 0.328 e. The highest BCUT2D eigenvalue weighted by Crippen LogP contribution is 2.21. The first kappa shape index (κ1) is 16.9. The summed E-state index contributed by atoms with van der Waals surface area (Å²) >= 11 is 0. The Hall–Kier alpha value is -0.123. The normalized spacial score (nSPS) is 12.9. The van der Waals surface area contributed by atoms with Crippen molar-refractivity contribution >= 4 is 9.28 Å². The van der Waals surface area contributed by atoms with Crippen molar-refractivity contribution in [3.05, 3.63) is 12.7 Å². The largest absolute Gasteiger partial charge is 0.396 e. The lowest BCUT2D eigenvalue weighted by Gasteiger charge is -2.23. The molecular weight excluding hydrogens is 228 g/mol. The Balaban J connectivity index is 4.09. The Bertz CT molecular complexity index is 164. The van der Waals surface area contributed by atoms with Crippen molar-refractivity contribution in [2.24, 2.45) is 0 Å². The molecule has 3 heteroatoms. The molecule has 0 aromatic rings. The molecule has 0 N–H and O–H groups in total. The van der Waals surface area contributed by atoms with Crippen LogP contribution in [-0.2, 0) is 8.85 Å². The van der Waals surface area contributed by atoms with Crippen LogP contribution in [0.2, 0.25) is 5.54 Å². The fourth-order valence-electron chi connectivity index (χ4n) is 1.68. The van der Waals surface area contributed by atoms with Gasteiger partial charge in [0, 0.05) is 18.8 Å². The minimum Gasteiger partial charge on any atom is -0.396 e. The van der Waals surface area contributed by atoms with Gasteiger partial charge in [-0.25, -0.2) is 0 Å². The number of unbranched alkanes of at least 4 members (excludes halogenated alkanes) is 2. The van der Waals surface area contributed by atoms with E-state index < -0.39 is 9.28 Å². The minimum atomic E-state index is -1.55. The Labute approximate surface area is 109 Å². The second kappa shape index (κ2) is 12.3. The van der Waals surface area contributed by atoms with Crippen LogP contribution in [0.5, 0.6) is 0 Å². The summed E-state index contributed by atoms with van der Waals surface area (Å²) in [5.41, 5.74) is 0.466. The molecule has 102 valence electrons. The van der Waals surface area contributed by atoms with Crippen LogP contribution in [0.15, 0.2) is 12.7 Å². The van der Waals surface area contributed by atoms with Crippen LogP contribution in [0.3, 0.4) is 0 Å². The van der Waals surface area contributed by atoms with Gasteiger partial charge in [-0.15, -0.1) is 6.58 Å². The van der Waals surface area contributed by atoms with E-state index >= 15 is 0 Å². The SMILES string of the molecule is C=CC(CCC)[SiH](OCCCC)OCCCC. The highest BCUT2D eigenvalue weighted by atomic mass is 28.3. The van der Waals surface area contributed by atoms with Crippen molar-refractivity contribution in [3.8, 4) is 0 Å². The molecule has 0 saturated heterocycles. The van der Waals surface area contributed by atoms with E-state index in [0.29, 0.717) is 5.54 Å². The molecule has 0 radical (unpaired) electrons. The second-order valence-electron chi connectivity index (χ2n) is 4.51. The molecule has 0 aliphatic heterocycles. The summed E-state index contributed by atoms with van der Waals surface area (Å²) in [6, 6.07) is 0. The molecule has 0 aromatic carbocycles. The van der Waals surface area contributed by atoms with Gasteiger partial charge in [0.1, 0.15) is 0 Å². The van der Waals surface area contributed by atoms with Crippen molar-refractivity contribution in [2.75, 3.05) is 13.2 Å². The van der Waals surface area contributed by atoms with Crippen LogP contribution in [0.25, 0.3) is 0 Å². The number of rotatable bonds is 12. The average molecular weight is 258 g/mol. The predicted octanol–water partition coefficient (Wildman–Crippen LogP) is 4.20. The summed E-state index contributed by atoms with van der Waals surface area (Å²) in [5, 5.41) is 0. The Morgan fingerprint density at radius 1 is 1.00 bits per heavy atom. The minimum absolute atomic E-state index is 0.466. The van der Waals surface area contributed by atoms with Crippen LogP contribution in [0, 0.1) is 0 Å². The molecule has 0 aliphatic carbocycles. The maximum Gasteiger partial charge on any atom is 0.328 e. The maximum atomic E-state index is 5.98. The van der Waals surface area contributed by atoms with E-state index in [-0.39, 0.29) is 0 Å². The van der Waals surface area contributed by atoms with Gasteiger partial charge >= 0.3 is 9.28 Å². The van der Waals surface area contributed by atoms with Crippen molar-refractivity contribution in [3.63, 3.8) is 0 Å². The summed E-state index contributed by atoms with van der Waals surface area (Å²) < 4.78 is 12.0. The number of hydrogen-bond donors (Lipinski definition) is 0. The quantitative estimate of drug-likeness (QED) is 0.297. The summed E-state index contributed by atoms with van der Waals surface area (Å²) in [4.78, 5) is 0. The lowest BCUT2D eigenvalue weighted by molar-refractivity contribution is 0.185. The van der Waals surface area contributed by atoms with Crippen LogP contribution in [0.4, 0.5) is 0 Å². The molecule has 0 bridgehead atoms. The summed E-state index contributed by atoms with van der Waals surface area (Å²) in [7, 11) is -1.55. The van der Waals surface area contributed by atoms with Crippen molar-refractivity contribution in [1.29, 1.82) is 0 Å².